The van der Waals surface area contributed by atoms with Crippen LogP contribution in [0.15, 0.2) is 35.6 Å². The van der Waals surface area contributed by atoms with E-state index in [0.29, 0.717) is 30.7 Å². The Labute approximate surface area is 180 Å². The Balaban J connectivity index is 0.00000280. The summed E-state index contributed by atoms with van der Waals surface area (Å²) in [5, 5.41) is 17.7. The number of aliphatic imine (C=N–C) groups is 1. The predicted molar refractivity (Wildman–Crippen MR) is 116 cm³/mol. The molecule has 150 valence electrons. The van der Waals surface area contributed by atoms with Crippen LogP contribution in [0.1, 0.15) is 18.6 Å². The van der Waals surface area contributed by atoms with Gasteiger partial charge in [-0.05, 0) is 31.2 Å². The first kappa shape index (κ1) is 21.6. The summed E-state index contributed by atoms with van der Waals surface area (Å²) in [6.45, 7) is 3.65. The molecule has 11 heteroatoms. The third kappa shape index (κ3) is 5.65. The molecule has 28 heavy (non-hydrogen) atoms. The van der Waals surface area contributed by atoms with Crippen LogP contribution in [0.4, 0.5) is 0 Å². The molecule has 2 aromatic heterocycles. The van der Waals surface area contributed by atoms with Crippen molar-refractivity contribution in [2.75, 3.05) is 13.7 Å². The van der Waals surface area contributed by atoms with Crippen molar-refractivity contribution in [3.8, 4) is 17.1 Å². The molecule has 0 aliphatic heterocycles. The second-order valence-corrected chi connectivity index (χ2v) is 5.68. The fourth-order valence-electron chi connectivity index (χ4n) is 2.37. The van der Waals surface area contributed by atoms with Gasteiger partial charge in [-0.25, -0.2) is 15.0 Å². The van der Waals surface area contributed by atoms with Crippen molar-refractivity contribution < 1.29 is 4.74 Å². The van der Waals surface area contributed by atoms with E-state index in [1.807, 2.05) is 38.2 Å². The first-order valence-electron chi connectivity index (χ1n) is 8.60. The first-order valence-corrected chi connectivity index (χ1v) is 8.60. The second-order valence-electron chi connectivity index (χ2n) is 5.68. The molecule has 0 aliphatic rings. The normalized spacial score (nSPS) is 11.0. The second kappa shape index (κ2) is 10.6. The van der Waals surface area contributed by atoms with Crippen LogP contribution >= 0.6 is 24.0 Å². The molecular formula is C17H24IN9O. The van der Waals surface area contributed by atoms with Crippen LogP contribution < -0.4 is 15.4 Å². The van der Waals surface area contributed by atoms with Crippen LogP contribution in [-0.2, 0) is 20.1 Å². The predicted octanol–water partition coefficient (Wildman–Crippen LogP) is 1.48. The zero-order valence-electron chi connectivity index (χ0n) is 16.0. The third-order valence-corrected chi connectivity index (χ3v) is 3.83. The molecule has 10 nitrogen and oxygen atoms in total. The zero-order valence-corrected chi connectivity index (χ0v) is 18.3. The molecule has 1 aromatic carbocycles. The summed E-state index contributed by atoms with van der Waals surface area (Å²) in [4.78, 5) is 13.2. The van der Waals surface area contributed by atoms with E-state index in [-0.39, 0.29) is 24.0 Å². The van der Waals surface area contributed by atoms with Gasteiger partial charge >= 0.3 is 0 Å². The van der Waals surface area contributed by atoms with Crippen molar-refractivity contribution in [1.29, 1.82) is 0 Å². The number of H-pyrrole nitrogens is 1. The maximum atomic E-state index is 5.17. The van der Waals surface area contributed by atoms with Gasteiger partial charge in [0, 0.05) is 19.2 Å². The number of methoxy groups -OCH3 is 1. The summed E-state index contributed by atoms with van der Waals surface area (Å²) in [6, 6.07) is 7.59. The molecule has 0 atom stereocenters. The summed E-state index contributed by atoms with van der Waals surface area (Å²) in [6.07, 6.45) is 1.52. The molecule has 0 radical (unpaired) electrons. The third-order valence-electron chi connectivity index (χ3n) is 3.83. The summed E-state index contributed by atoms with van der Waals surface area (Å²) < 4.78 is 6.88. The van der Waals surface area contributed by atoms with E-state index in [9.17, 15) is 0 Å². The fourth-order valence-corrected chi connectivity index (χ4v) is 2.37. The molecule has 0 spiro atoms. The van der Waals surface area contributed by atoms with Crippen LogP contribution in [0, 0.1) is 0 Å². The summed E-state index contributed by atoms with van der Waals surface area (Å²) in [5.41, 5.74) is 0.912. The van der Waals surface area contributed by atoms with Gasteiger partial charge < -0.3 is 15.4 Å². The number of benzene rings is 1. The SMILES string of the molecule is CCNC(=NCc1nc(-c2ccc(OC)cc2)n[nH]1)NCc1ncnn1C.I. The molecular weight excluding hydrogens is 473 g/mol. The summed E-state index contributed by atoms with van der Waals surface area (Å²) >= 11 is 0. The average Bonchev–Trinajstić information content (AvgIpc) is 3.33. The molecule has 0 bridgehead atoms. The van der Waals surface area contributed by atoms with Crippen LogP contribution in [-0.4, -0.2) is 49.6 Å². The highest BCUT2D eigenvalue weighted by molar-refractivity contribution is 14.0. The van der Waals surface area contributed by atoms with Crippen LogP contribution in [0.2, 0.25) is 0 Å². The topological polar surface area (TPSA) is 118 Å². The number of hydrogen-bond donors (Lipinski definition) is 3. The maximum Gasteiger partial charge on any atom is 0.192 e. The van der Waals surface area contributed by atoms with Gasteiger partial charge in [-0.15, -0.1) is 24.0 Å². The molecule has 3 rings (SSSR count). The largest absolute Gasteiger partial charge is 0.497 e. The van der Waals surface area contributed by atoms with E-state index >= 15 is 0 Å². The van der Waals surface area contributed by atoms with E-state index in [4.69, 9.17) is 4.74 Å². The Hall–Kier alpha value is -2.70. The van der Waals surface area contributed by atoms with E-state index in [1.165, 1.54) is 6.33 Å². The Morgan fingerprint density at radius 3 is 2.68 bits per heavy atom. The monoisotopic (exact) mass is 497 g/mol. The highest BCUT2D eigenvalue weighted by Crippen LogP contribution is 2.18. The van der Waals surface area contributed by atoms with Gasteiger partial charge in [0.2, 0.25) is 0 Å². The Morgan fingerprint density at radius 2 is 2.04 bits per heavy atom. The minimum atomic E-state index is 0. The van der Waals surface area contributed by atoms with E-state index in [0.717, 1.165) is 23.7 Å². The fraction of sp³-hybridized carbons (Fsp3) is 0.353. The van der Waals surface area contributed by atoms with E-state index < -0.39 is 0 Å². The summed E-state index contributed by atoms with van der Waals surface area (Å²) in [5.74, 6) is 3.59. The summed E-state index contributed by atoms with van der Waals surface area (Å²) in [7, 11) is 3.49. The number of aromatic amines is 1. The van der Waals surface area contributed by atoms with Crippen molar-refractivity contribution in [3.05, 3.63) is 42.2 Å². The molecule has 0 fully saturated rings. The molecule has 3 N–H and O–H groups in total. The van der Waals surface area contributed by atoms with Crippen LogP contribution in [0.3, 0.4) is 0 Å². The lowest BCUT2D eigenvalue weighted by atomic mass is 10.2. The molecule has 0 amide bonds. The standard InChI is InChI=1S/C17H23N9O.HI/c1-4-18-17(20-10-15-21-11-22-26(15)2)19-9-14-23-16(25-24-14)12-5-7-13(27-3)8-6-12;/h5-8,11H,4,9-10H2,1-3H3,(H2,18,19,20)(H,23,24,25);1H. The molecule has 3 aromatic rings. The lowest BCUT2D eigenvalue weighted by molar-refractivity contribution is 0.415. The number of nitrogens with zero attached hydrogens (tertiary/aromatic N) is 6. The van der Waals surface area contributed by atoms with Gasteiger partial charge in [0.1, 0.15) is 30.3 Å². The van der Waals surface area contributed by atoms with Crippen molar-refractivity contribution in [2.24, 2.45) is 12.0 Å². The first-order chi connectivity index (χ1) is 13.2. The molecule has 0 aliphatic carbocycles. The number of hydrogen-bond acceptors (Lipinski definition) is 6. The molecule has 0 saturated heterocycles. The van der Waals surface area contributed by atoms with Gasteiger partial charge in [-0.3, -0.25) is 9.78 Å². The van der Waals surface area contributed by atoms with Gasteiger partial charge in [-0.1, -0.05) is 0 Å². The Morgan fingerprint density at radius 1 is 1.25 bits per heavy atom. The molecule has 0 saturated carbocycles. The number of guanidine groups is 1. The maximum absolute atomic E-state index is 5.17. The Kier molecular flexibility index (Phi) is 8.17. The number of aryl methyl sites for hydroxylation is 1. The lowest BCUT2D eigenvalue weighted by Crippen LogP contribution is -2.37. The average molecular weight is 497 g/mol. The number of ether oxygens (including phenoxy) is 1. The number of rotatable bonds is 7. The van der Waals surface area contributed by atoms with Crippen LogP contribution in [0.5, 0.6) is 5.75 Å². The minimum Gasteiger partial charge on any atom is -0.497 e. The van der Waals surface area contributed by atoms with Crippen molar-refractivity contribution in [1.82, 2.24) is 40.6 Å². The van der Waals surface area contributed by atoms with Gasteiger partial charge in [0.25, 0.3) is 0 Å². The van der Waals surface area contributed by atoms with Crippen LogP contribution in [0.25, 0.3) is 11.4 Å². The van der Waals surface area contributed by atoms with Crippen molar-refractivity contribution in [2.45, 2.75) is 20.0 Å². The van der Waals surface area contributed by atoms with E-state index in [2.05, 4.69) is 40.9 Å². The van der Waals surface area contributed by atoms with Gasteiger partial charge in [0.05, 0.1) is 13.7 Å². The number of aromatic nitrogens is 6. The smallest absolute Gasteiger partial charge is 0.192 e. The van der Waals surface area contributed by atoms with E-state index in [1.54, 1.807) is 11.8 Å². The van der Waals surface area contributed by atoms with Crippen molar-refractivity contribution >= 4 is 29.9 Å². The number of halogens is 1. The zero-order chi connectivity index (χ0) is 19.1. The van der Waals surface area contributed by atoms with Gasteiger partial charge in [-0.2, -0.15) is 10.2 Å². The number of nitrogens with one attached hydrogen (secondary N) is 3. The molecule has 2 heterocycles. The molecule has 0 unspecified atom stereocenters. The quantitative estimate of drug-likeness (QED) is 0.257. The Bertz CT molecular complexity index is 888. The highest BCUT2D eigenvalue weighted by atomic mass is 127. The minimum absolute atomic E-state index is 0. The van der Waals surface area contributed by atoms with Crippen molar-refractivity contribution in [3.63, 3.8) is 0 Å². The lowest BCUT2D eigenvalue weighted by Gasteiger charge is -2.10. The van der Waals surface area contributed by atoms with Gasteiger partial charge in [0.15, 0.2) is 11.8 Å². The highest BCUT2D eigenvalue weighted by Gasteiger charge is 2.07.